The van der Waals surface area contributed by atoms with Crippen LogP contribution < -0.4 is 14.6 Å². The molecule has 0 amide bonds. The monoisotopic (exact) mass is 471 g/mol. The average molecular weight is 471 g/mol. The molecule has 0 aromatic heterocycles. The molecule has 2 atom stereocenters. The average Bonchev–Trinajstić information content (AvgIpc) is 2.79. The number of nitrogens with one attached hydrogen (secondary N) is 1. The zero-order valence-electron chi connectivity index (χ0n) is 17.6. The van der Waals surface area contributed by atoms with Crippen molar-refractivity contribution in [1.82, 2.24) is 10.1 Å². The zero-order chi connectivity index (χ0) is 22.1. The van der Waals surface area contributed by atoms with Crippen molar-refractivity contribution >= 4 is 32.7 Å². The van der Waals surface area contributed by atoms with Gasteiger partial charge in [-0.15, -0.1) is 0 Å². The molecular formula is C19H27N3O5P2S. The SMILES string of the molecule is CNC(c1ccc(O[PH](=S)N(C)/N=C/c2ccc(OC)cc2)cc1)P(=O)(OC)OC. The first-order valence-electron chi connectivity index (χ1n) is 8.98. The molecule has 2 aromatic carbocycles. The predicted molar refractivity (Wildman–Crippen MR) is 125 cm³/mol. The minimum absolute atomic E-state index is 0.591. The fourth-order valence-corrected chi connectivity index (χ4v) is 5.04. The van der Waals surface area contributed by atoms with Crippen LogP contribution in [0.2, 0.25) is 0 Å². The summed E-state index contributed by atoms with van der Waals surface area (Å²) >= 11 is 5.48. The predicted octanol–water partition coefficient (Wildman–Crippen LogP) is 4.25. The fraction of sp³-hybridized carbons (Fsp3) is 0.316. The Bertz CT molecular complexity index is 901. The van der Waals surface area contributed by atoms with Crippen molar-refractivity contribution in [3.63, 3.8) is 0 Å². The highest BCUT2D eigenvalue weighted by atomic mass is 32.4. The van der Waals surface area contributed by atoms with Crippen LogP contribution in [-0.4, -0.2) is 46.4 Å². The summed E-state index contributed by atoms with van der Waals surface area (Å²) in [7, 11) is 2.70. The number of hydrazone groups is 1. The lowest BCUT2D eigenvalue weighted by atomic mass is 10.2. The molecule has 2 rings (SSSR count). The molecule has 0 aliphatic heterocycles. The highest BCUT2D eigenvalue weighted by molar-refractivity contribution is 8.02. The number of benzene rings is 2. The van der Waals surface area contributed by atoms with E-state index < -0.39 is 20.5 Å². The molecule has 0 saturated carbocycles. The van der Waals surface area contributed by atoms with Crippen molar-refractivity contribution in [1.29, 1.82) is 0 Å². The van der Waals surface area contributed by atoms with Gasteiger partial charge in [0.05, 0.1) is 13.3 Å². The van der Waals surface area contributed by atoms with Crippen molar-refractivity contribution in [3.8, 4) is 11.5 Å². The zero-order valence-corrected chi connectivity index (χ0v) is 20.3. The highest BCUT2D eigenvalue weighted by Crippen LogP contribution is 2.58. The summed E-state index contributed by atoms with van der Waals surface area (Å²) in [6.07, 6.45) is 1.72. The Hall–Kier alpha value is -1.73. The van der Waals surface area contributed by atoms with Gasteiger partial charge in [0.1, 0.15) is 17.3 Å². The van der Waals surface area contributed by atoms with Crippen molar-refractivity contribution in [2.75, 3.05) is 35.4 Å². The van der Waals surface area contributed by atoms with E-state index in [1.165, 1.54) is 14.2 Å². The second kappa shape index (κ2) is 11.6. The summed E-state index contributed by atoms with van der Waals surface area (Å²) < 4.78 is 35.5. The van der Waals surface area contributed by atoms with Crippen molar-refractivity contribution in [2.45, 2.75) is 5.78 Å². The molecule has 0 aliphatic rings. The van der Waals surface area contributed by atoms with Crippen molar-refractivity contribution in [3.05, 3.63) is 59.7 Å². The van der Waals surface area contributed by atoms with E-state index in [2.05, 4.69) is 10.4 Å². The molecule has 2 aromatic rings. The smallest absolute Gasteiger partial charge is 0.351 e. The summed E-state index contributed by atoms with van der Waals surface area (Å²) in [5, 5.41) is 7.34. The van der Waals surface area contributed by atoms with Gasteiger partial charge in [-0.1, -0.05) is 12.1 Å². The first-order chi connectivity index (χ1) is 14.4. The molecule has 0 saturated heterocycles. The van der Waals surface area contributed by atoms with E-state index in [1.807, 2.05) is 24.3 Å². The number of hydrogen-bond acceptors (Lipinski definition) is 8. The molecule has 1 N–H and O–H groups in total. The van der Waals surface area contributed by atoms with Gasteiger partial charge in [-0.2, -0.15) is 5.10 Å². The molecule has 0 spiro atoms. The van der Waals surface area contributed by atoms with Crippen LogP contribution in [0.3, 0.4) is 0 Å². The summed E-state index contributed by atoms with van der Waals surface area (Å²) in [5.74, 6) is 0.799. The second-order valence-corrected chi connectivity index (χ2v) is 10.8. The molecule has 2 unspecified atom stereocenters. The van der Waals surface area contributed by atoms with Crippen molar-refractivity contribution in [2.24, 2.45) is 5.10 Å². The summed E-state index contributed by atoms with van der Waals surface area (Å²) in [6, 6.07) is 14.7. The Balaban J connectivity index is 2.02. The van der Waals surface area contributed by atoms with Gasteiger partial charge in [-0.05, 0) is 66.4 Å². The number of ether oxygens (including phenoxy) is 1. The van der Waals surface area contributed by atoms with E-state index >= 15 is 0 Å². The molecular weight excluding hydrogens is 444 g/mol. The molecule has 30 heavy (non-hydrogen) atoms. The minimum Gasteiger partial charge on any atom is -0.497 e. The molecule has 0 radical (unpaired) electrons. The van der Waals surface area contributed by atoms with Crippen LogP contribution >= 0.6 is 14.7 Å². The molecule has 8 nitrogen and oxygen atoms in total. The van der Waals surface area contributed by atoms with Crippen LogP contribution in [0.1, 0.15) is 16.9 Å². The molecule has 11 heteroatoms. The van der Waals surface area contributed by atoms with Crippen LogP contribution in [0.25, 0.3) is 0 Å². The third kappa shape index (κ3) is 6.38. The normalized spacial score (nSPS) is 13.8. The van der Waals surface area contributed by atoms with E-state index in [0.29, 0.717) is 5.75 Å². The van der Waals surface area contributed by atoms with Gasteiger partial charge in [0.15, 0.2) is 0 Å². The highest BCUT2D eigenvalue weighted by Gasteiger charge is 2.34. The van der Waals surface area contributed by atoms with Crippen LogP contribution in [0.15, 0.2) is 53.6 Å². The van der Waals surface area contributed by atoms with E-state index in [0.717, 1.165) is 16.9 Å². The maximum Gasteiger partial charge on any atom is 0.351 e. The third-order valence-corrected chi connectivity index (χ3v) is 8.56. The maximum absolute atomic E-state index is 12.7. The number of methoxy groups -OCH3 is 1. The minimum atomic E-state index is -3.32. The van der Waals surface area contributed by atoms with Gasteiger partial charge < -0.3 is 23.6 Å². The standard InChI is InChI=1S/C19H27N3O5P2S/c1-20-19(29(23,25-4)26-5)16-8-12-18(13-9-16)27-28(30)22(2)21-14-15-6-10-17(24-3)11-7-15/h6-14,19-20,28H,1-5H3/b21-14+. The van der Waals surface area contributed by atoms with E-state index in [1.54, 1.807) is 56.5 Å². The largest absolute Gasteiger partial charge is 0.497 e. The first kappa shape index (κ1) is 24.5. The van der Waals surface area contributed by atoms with Gasteiger partial charge in [0.25, 0.3) is 0 Å². The van der Waals surface area contributed by atoms with Crippen LogP contribution in [0.5, 0.6) is 11.5 Å². The molecule has 0 aliphatic carbocycles. The fourth-order valence-electron chi connectivity index (χ4n) is 2.57. The second-order valence-electron chi connectivity index (χ2n) is 6.07. The van der Waals surface area contributed by atoms with E-state index in [4.69, 9.17) is 30.1 Å². The summed E-state index contributed by atoms with van der Waals surface area (Å²) in [4.78, 5) is 0. The van der Waals surface area contributed by atoms with Gasteiger partial charge in [0, 0.05) is 21.3 Å². The van der Waals surface area contributed by atoms with Crippen LogP contribution in [0, 0.1) is 0 Å². The maximum atomic E-state index is 12.7. The first-order valence-corrected chi connectivity index (χ1v) is 13.1. The topological polar surface area (TPSA) is 81.6 Å². The molecule has 0 heterocycles. The molecule has 0 fully saturated rings. The van der Waals surface area contributed by atoms with Crippen LogP contribution in [0.4, 0.5) is 0 Å². The Morgan fingerprint density at radius 3 is 2.13 bits per heavy atom. The quantitative estimate of drug-likeness (QED) is 0.296. The Morgan fingerprint density at radius 2 is 1.63 bits per heavy atom. The molecule has 0 bridgehead atoms. The third-order valence-electron chi connectivity index (χ3n) is 4.26. The summed E-state index contributed by atoms with van der Waals surface area (Å²) in [5.41, 5.74) is 1.68. The summed E-state index contributed by atoms with van der Waals surface area (Å²) in [6.45, 7) is 0. The Morgan fingerprint density at radius 1 is 1.07 bits per heavy atom. The van der Waals surface area contributed by atoms with Gasteiger partial charge in [-0.25, -0.2) is 4.78 Å². The van der Waals surface area contributed by atoms with Crippen LogP contribution in [-0.2, 0) is 25.4 Å². The lowest BCUT2D eigenvalue weighted by molar-refractivity contribution is 0.261. The number of hydrogen-bond donors (Lipinski definition) is 1. The molecule has 164 valence electrons. The van der Waals surface area contributed by atoms with Gasteiger partial charge >= 0.3 is 7.60 Å². The number of nitrogens with zero attached hydrogens (tertiary/aromatic N) is 2. The van der Waals surface area contributed by atoms with E-state index in [-0.39, 0.29) is 0 Å². The Kier molecular flexibility index (Phi) is 9.49. The number of rotatable bonds is 11. The Labute approximate surface area is 183 Å². The lowest BCUT2D eigenvalue weighted by Crippen LogP contribution is -2.18. The van der Waals surface area contributed by atoms with Gasteiger partial charge in [0.2, 0.25) is 7.07 Å². The lowest BCUT2D eigenvalue weighted by Gasteiger charge is -2.24. The van der Waals surface area contributed by atoms with Crippen molar-refractivity contribution < 1.29 is 22.9 Å². The van der Waals surface area contributed by atoms with Gasteiger partial charge in [-0.3, -0.25) is 4.57 Å². The van der Waals surface area contributed by atoms with E-state index in [9.17, 15) is 4.57 Å².